The molecule has 1 aliphatic heterocycles. The van der Waals surface area contributed by atoms with E-state index in [2.05, 4.69) is 24.0 Å². The van der Waals surface area contributed by atoms with Gasteiger partial charge in [0.25, 0.3) is 5.01 Å². The van der Waals surface area contributed by atoms with Crippen LogP contribution in [-0.4, -0.2) is 63.7 Å². The molecule has 0 saturated carbocycles. The van der Waals surface area contributed by atoms with E-state index in [0.717, 1.165) is 36.4 Å². The van der Waals surface area contributed by atoms with E-state index < -0.39 is 26.0 Å². The summed E-state index contributed by atoms with van der Waals surface area (Å²) in [7, 11) is -8.10. The Morgan fingerprint density at radius 3 is 2.30 bits per heavy atom. The number of fused-ring (bicyclic) bond motifs is 2. The molecule has 2 heterocycles. The molecule has 4 rings (SSSR count). The molecule has 0 fully saturated rings. The molecule has 15 heteroatoms. The van der Waals surface area contributed by atoms with Gasteiger partial charge in [0, 0.05) is 45.8 Å². The van der Waals surface area contributed by atoms with Crippen LogP contribution >= 0.6 is 46.3 Å². The van der Waals surface area contributed by atoms with Gasteiger partial charge in [0.05, 0.1) is 26.6 Å². The van der Waals surface area contributed by atoms with Crippen molar-refractivity contribution in [3.8, 4) is 0 Å². The molecule has 0 bridgehead atoms. The van der Waals surface area contributed by atoms with E-state index in [4.69, 9.17) is 27.5 Å². The van der Waals surface area contributed by atoms with Crippen LogP contribution in [-0.2, 0) is 31.1 Å². The number of hydroxylamine groups is 3. The van der Waals surface area contributed by atoms with E-state index in [9.17, 15) is 21.4 Å². The summed E-state index contributed by atoms with van der Waals surface area (Å²) in [5.41, 5.74) is 2.80. The molecule has 0 amide bonds. The van der Waals surface area contributed by atoms with Gasteiger partial charge in [-0.15, -0.1) is 0 Å². The summed E-state index contributed by atoms with van der Waals surface area (Å²) in [6.07, 6.45) is 5.41. The zero-order chi connectivity index (χ0) is 33.7. The Hall–Kier alpha value is -1.68. The van der Waals surface area contributed by atoms with Gasteiger partial charge in [-0.3, -0.25) is 0 Å². The maximum Gasteiger partial charge on any atom is 0.314 e. The Morgan fingerprint density at radius 1 is 0.978 bits per heavy atom. The van der Waals surface area contributed by atoms with Crippen molar-refractivity contribution >= 4 is 88.5 Å². The van der Waals surface area contributed by atoms with Crippen LogP contribution in [0.2, 0.25) is 10.0 Å². The molecular weight excluding hydrogens is 710 g/mol. The summed E-state index contributed by atoms with van der Waals surface area (Å²) < 4.78 is 68.6. The van der Waals surface area contributed by atoms with Gasteiger partial charge >= 0.3 is 10.1 Å². The summed E-state index contributed by atoms with van der Waals surface area (Å²) in [6, 6.07) is 11.3. The molecule has 0 aliphatic carbocycles. The standard InChI is InChI=1S/C31H40Cl2N3O6S4/c1-5-23(19-30-34(15-9-17-45(37,38)39)26-21-24(32)11-13-28(26)43-30)20-31-35(27-22-25(33)12-14-29(27)44-31)16-10-18-46(40,41)42-36(6-2,7-3)8-4/h11-14,19-22H,5-10,15-18H2,1-4H3/q+1. The monoisotopic (exact) mass is 748 g/mol. The molecule has 1 aliphatic rings. The number of allylic oxidation sites excluding steroid dienone is 2. The van der Waals surface area contributed by atoms with Crippen molar-refractivity contribution in [1.82, 2.24) is 0 Å². The fourth-order valence-electron chi connectivity index (χ4n) is 5.29. The predicted molar refractivity (Wildman–Crippen MR) is 189 cm³/mol. The average molecular weight is 750 g/mol. The third-order valence-corrected chi connectivity index (χ3v) is 12.8. The number of hydrogen-bond acceptors (Lipinski definition) is 9. The van der Waals surface area contributed by atoms with Crippen LogP contribution in [0.25, 0.3) is 16.3 Å². The number of thiazole rings is 1. The SMILES string of the molecule is CCC(/C=C1\Sc2ccc(Cl)cc2N1CCCS(=O)(=O)O[N+](CC)(CC)CC)=C\c1sc2ccc(Cl)cc2[n+]1CCCS(=O)(=O)[O-]. The van der Waals surface area contributed by atoms with Crippen molar-refractivity contribution in [3.63, 3.8) is 0 Å². The van der Waals surface area contributed by atoms with Gasteiger partial charge < -0.3 is 9.45 Å². The number of rotatable bonds is 16. The summed E-state index contributed by atoms with van der Waals surface area (Å²) in [4.78, 5) is 3.12. The van der Waals surface area contributed by atoms with Crippen molar-refractivity contribution in [1.29, 1.82) is 0 Å². The molecule has 2 aromatic carbocycles. The molecule has 46 heavy (non-hydrogen) atoms. The van der Waals surface area contributed by atoms with Crippen LogP contribution < -0.4 is 9.47 Å². The van der Waals surface area contributed by atoms with Gasteiger partial charge in [0.15, 0.2) is 6.54 Å². The second kappa shape index (κ2) is 15.7. The van der Waals surface area contributed by atoms with E-state index >= 15 is 0 Å². The van der Waals surface area contributed by atoms with Crippen LogP contribution in [0.5, 0.6) is 0 Å². The highest BCUT2D eigenvalue weighted by molar-refractivity contribution is 8.03. The minimum atomic E-state index is -4.34. The van der Waals surface area contributed by atoms with Crippen LogP contribution in [0.1, 0.15) is 52.0 Å². The molecule has 0 saturated heterocycles. The van der Waals surface area contributed by atoms with E-state index in [1.165, 1.54) is 0 Å². The van der Waals surface area contributed by atoms with Gasteiger partial charge in [-0.05, 0) is 75.6 Å². The Morgan fingerprint density at radius 2 is 1.65 bits per heavy atom. The summed E-state index contributed by atoms with van der Waals surface area (Å²) in [5.74, 6) is -0.564. The highest BCUT2D eigenvalue weighted by atomic mass is 35.5. The van der Waals surface area contributed by atoms with Gasteiger partial charge in [-0.2, -0.15) is 17.6 Å². The van der Waals surface area contributed by atoms with Gasteiger partial charge in [0.1, 0.15) is 24.3 Å². The van der Waals surface area contributed by atoms with E-state index in [0.29, 0.717) is 55.6 Å². The Kier molecular flexibility index (Phi) is 12.7. The molecule has 9 nitrogen and oxygen atoms in total. The maximum atomic E-state index is 13.0. The first-order chi connectivity index (χ1) is 21.7. The Balaban J connectivity index is 1.64. The first-order valence-electron chi connectivity index (χ1n) is 15.2. The topological polar surface area (TPSA) is 108 Å². The van der Waals surface area contributed by atoms with Crippen molar-refractivity contribution in [2.24, 2.45) is 0 Å². The lowest BCUT2D eigenvalue weighted by Gasteiger charge is -2.31. The van der Waals surface area contributed by atoms with Crippen LogP contribution in [0, 0.1) is 0 Å². The largest absolute Gasteiger partial charge is 0.748 e. The molecule has 0 N–H and O–H groups in total. The quantitative estimate of drug-likeness (QED) is 0.0655. The van der Waals surface area contributed by atoms with Crippen molar-refractivity contribution < 1.29 is 34.9 Å². The second-order valence-electron chi connectivity index (χ2n) is 10.9. The lowest BCUT2D eigenvalue weighted by molar-refractivity contribution is -1.08. The number of benzene rings is 2. The Labute approximate surface area is 290 Å². The Bertz CT molecular complexity index is 1830. The van der Waals surface area contributed by atoms with Gasteiger partial charge in [0.2, 0.25) is 5.52 Å². The van der Waals surface area contributed by atoms with Gasteiger partial charge in [-0.1, -0.05) is 57.5 Å². The molecule has 252 valence electrons. The number of aryl methyl sites for hydroxylation is 1. The fourth-order valence-corrected chi connectivity index (χ4v) is 9.75. The van der Waals surface area contributed by atoms with E-state index in [-0.39, 0.29) is 16.8 Å². The lowest BCUT2D eigenvalue weighted by atomic mass is 10.2. The number of halogens is 2. The minimum absolute atomic E-state index is 0.0623. The van der Waals surface area contributed by atoms with Crippen LogP contribution in [0.4, 0.5) is 5.69 Å². The van der Waals surface area contributed by atoms with Crippen molar-refractivity contribution in [2.45, 2.75) is 58.4 Å². The van der Waals surface area contributed by atoms with Crippen molar-refractivity contribution in [2.75, 3.05) is 42.6 Å². The molecule has 0 radical (unpaired) electrons. The highest BCUT2D eigenvalue weighted by Crippen LogP contribution is 2.47. The molecular formula is C31H40Cl2N3O6S4+. The minimum Gasteiger partial charge on any atom is -0.748 e. The third-order valence-electron chi connectivity index (χ3n) is 7.96. The number of anilines is 1. The zero-order valence-corrected chi connectivity index (χ0v) is 31.1. The second-order valence-corrected chi connectivity index (χ2v) is 17.1. The zero-order valence-electron chi connectivity index (χ0n) is 26.4. The smallest absolute Gasteiger partial charge is 0.314 e. The molecule has 0 spiro atoms. The van der Waals surface area contributed by atoms with Crippen molar-refractivity contribution in [3.05, 3.63) is 68.1 Å². The first kappa shape index (κ1) is 37.1. The summed E-state index contributed by atoms with van der Waals surface area (Å²) >= 11 is 15.8. The average Bonchev–Trinajstić information content (AvgIpc) is 3.51. The molecule has 1 aromatic heterocycles. The number of quaternary nitrogens is 1. The summed E-state index contributed by atoms with van der Waals surface area (Å²) in [5, 5.41) is 3.00. The van der Waals surface area contributed by atoms with E-state index in [1.54, 1.807) is 23.1 Å². The van der Waals surface area contributed by atoms with E-state index in [1.807, 2.05) is 61.7 Å². The number of hydrogen-bond donors (Lipinski definition) is 0. The normalized spacial score (nSPS) is 15.3. The number of aromatic nitrogens is 1. The summed E-state index contributed by atoms with van der Waals surface area (Å²) in [6.45, 7) is 10.3. The first-order valence-corrected chi connectivity index (χ1v) is 20.8. The molecule has 0 unspecified atom stereocenters. The number of nitrogens with zero attached hydrogens (tertiary/aromatic N) is 3. The van der Waals surface area contributed by atoms with Gasteiger partial charge in [-0.25, -0.2) is 8.42 Å². The van der Waals surface area contributed by atoms with Crippen LogP contribution in [0.3, 0.4) is 0 Å². The maximum absolute atomic E-state index is 13.0. The molecule has 3 aromatic rings. The van der Waals surface area contributed by atoms with Crippen LogP contribution in [0.15, 0.2) is 58.0 Å². The third kappa shape index (κ3) is 9.48. The fraction of sp³-hybridized carbons (Fsp3) is 0.452. The highest BCUT2D eigenvalue weighted by Gasteiger charge is 2.32. The predicted octanol–water partition coefficient (Wildman–Crippen LogP) is 7.21. The lowest BCUT2D eigenvalue weighted by Crippen LogP contribution is -2.49. The number of thioether (sulfide) groups is 1. The molecule has 0 atom stereocenters.